The Balaban J connectivity index is 2.42. The van der Waals surface area contributed by atoms with E-state index < -0.39 is 11.5 Å². The van der Waals surface area contributed by atoms with Crippen molar-refractivity contribution in [3.63, 3.8) is 0 Å². The van der Waals surface area contributed by atoms with Gasteiger partial charge in [0.25, 0.3) is 5.56 Å². The second-order valence-corrected chi connectivity index (χ2v) is 5.67. The molecule has 0 unspecified atom stereocenters. The van der Waals surface area contributed by atoms with Gasteiger partial charge in [0.1, 0.15) is 5.56 Å². The van der Waals surface area contributed by atoms with Gasteiger partial charge in [-0.3, -0.25) is 4.79 Å². The maximum absolute atomic E-state index is 12.9. The first kappa shape index (κ1) is 17.6. The van der Waals surface area contributed by atoms with Gasteiger partial charge >= 0.3 is 5.97 Å². The molecule has 0 spiro atoms. The molecule has 0 radical (unpaired) electrons. The van der Waals surface area contributed by atoms with E-state index in [9.17, 15) is 9.59 Å². The molecule has 0 aliphatic heterocycles. The van der Waals surface area contributed by atoms with Crippen molar-refractivity contribution in [3.8, 4) is 22.4 Å². The van der Waals surface area contributed by atoms with Crippen LogP contribution < -0.4 is 5.56 Å². The lowest BCUT2D eigenvalue weighted by molar-refractivity contribution is 0.0524. The molecule has 0 fully saturated rings. The van der Waals surface area contributed by atoms with Gasteiger partial charge in [-0.2, -0.15) is 5.10 Å². The summed E-state index contributed by atoms with van der Waals surface area (Å²) in [6, 6.07) is 18.9. The van der Waals surface area contributed by atoms with Crippen molar-refractivity contribution < 1.29 is 9.53 Å². The monoisotopic (exact) mass is 348 g/mol. The lowest BCUT2D eigenvalue weighted by atomic mass is 9.95. The minimum absolute atomic E-state index is 0.0220. The number of ether oxygens (including phenoxy) is 1. The summed E-state index contributed by atoms with van der Waals surface area (Å²) in [5.41, 5.74) is 2.26. The van der Waals surface area contributed by atoms with Crippen molar-refractivity contribution >= 4 is 5.97 Å². The maximum Gasteiger partial charge on any atom is 0.344 e. The van der Waals surface area contributed by atoms with Gasteiger partial charge in [-0.25, -0.2) is 9.48 Å². The Kier molecular flexibility index (Phi) is 5.27. The Labute approximate surface area is 151 Å². The molecule has 3 rings (SSSR count). The minimum atomic E-state index is -0.627. The van der Waals surface area contributed by atoms with Gasteiger partial charge in [0.15, 0.2) is 0 Å². The summed E-state index contributed by atoms with van der Waals surface area (Å²) in [5, 5.41) is 4.54. The number of carbonyl (C=O) groups excluding carboxylic acids is 1. The molecule has 5 nitrogen and oxygen atoms in total. The molecule has 0 saturated carbocycles. The first-order valence-electron chi connectivity index (χ1n) is 8.60. The zero-order valence-electron chi connectivity index (χ0n) is 14.8. The summed E-state index contributed by atoms with van der Waals surface area (Å²) in [6.45, 7) is 4.10. The van der Waals surface area contributed by atoms with Gasteiger partial charge in [-0.15, -0.1) is 0 Å². The molecule has 1 aromatic heterocycles. The number of benzene rings is 2. The highest BCUT2D eigenvalue weighted by Crippen LogP contribution is 2.32. The highest BCUT2D eigenvalue weighted by molar-refractivity contribution is 6.00. The molecule has 0 amide bonds. The molecular weight excluding hydrogens is 328 g/mol. The van der Waals surface area contributed by atoms with E-state index in [-0.39, 0.29) is 12.2 Å². The molecule has 0 aliphatic carbocycles. The van der Waals surface area contributed by atoms with E-state index in [1.165, 1.54) is 4.68 Å². The number of hydrogen-bond donors (Lipinski definition) is 0. The SMILES string of the molecule is CCOC(=O)c1c(-c2ccccc2)c(-c2ccccc2)nn(CC)c1=O. The zero-order chi connectivity index (χ0) is 18.5. The second kappa shape index (κ2) is 7.78. The van der Waals surface area contributed by atoms with Crippen molar-refractivity contribution in [2.75, 3.05) is 6.61 Å². The maximum atomic E-state index is 12.9. The van der Waals surface area contributed by atoms with Crippen LogP contribution in [0.4, 0.5) is 0 Å². The Morgan fingerprint density at radius 3 is 2.08 bits per heavy atom. The van der Waals surface area contributed by atoms with E-state index >= 15 is 0 Å². The fourth-order valence-corrected chi connectivity index (χ4v) is 2.86. The number of nitrogens with zero attached hydrogens (tertiary/aromatic N) is 2. The van der Waals surface area contributed by atoms with Crippen LogP contribution in [0, 0.1) is 0 Å². The third-order valence-corrected chi connectivity index (χ3v) is 4.04. The number of aromatic nitrogens is 2. The van der Waals surface area contributed by atoms with Crippen molar-refractivity contribution in [1.29, 1.82) is 0 Å². The highest BCUT2D eigenvalue weighted by atomic mass is 16.5. The standard InChI is InChI=1S/C21H20N2O3/c1-3-23-20(24)18(21(25)26-4-2)17(15-11-7-5-8-12-15)19(22-23)16-13-9-6-10-14-16/h5-14H,3-4H2,1-2H3. The Morgan fingerprint density at radius 1 is 0.962 bits per heavy atom. The molecular formula is C21H20N2O3. The third-order valence-electron chi connectivity index (χ3n) is 4.04. The largest absolute Gasteiger partial charge is 0.462 e. The molecule has 0 N–H and O–H groups in total. The van der Waals surface area contributed by atoms with Crippen LogP contribution in [0.2, 0.25) is 0 Å². The van der Waals surface area contributed by atoms with Crippen LogP contribution in [0.1, 0.15) is 24.2 Å². The summed E-state index contributed by atoms with van der Waals surface area (Å²) >= 11 is 0. The molecule has 2 aromatic carbocycles. The van der Waals surface area contributed by atoms with Gasteiger partial charge in [-0.1, -0.05) is 60.7 Å². The molecule has 132 valence electrons. The first-order chi connectivity index (χ1) is 12.7. The van der Waals surface area contributed by atoms with E-state index in [1.54, 1.807) is 6.92 Å². The molecule has 0 aliphatic rings. The van der Waals surface area contributed by atoms with Crippen molar-refractivity contribution in [2.45, 2.75) is 20.4 Å². The summed E-state index contributed by atoms with van der Waals surface area (Å²) in [7, 11) is 0. The number of aryl methyl sites for hydroxylation is 1. The normalized spacial score (nSPS) is 10.5. The predicted molar refractivity (Wildman–Crippen MR) is 101 cm³/mol. The van der Waals surface area contributed by atoms with Crippen LogP contribution in [0.3, 0.4) is 0 Å². The minimum Gasteiger partial charge on any atom is -0.462 e. The van der Waals surface area contributed by atoms with Crippen LogP contribution in [-0.4, -0.2) is 22.4 Å². The molecule has 0 bridgehead atoms. The van der Waals surface area contributed by atoms with Gasteiger partial charge < -0.3 is 4.74 Å². The first-order valence-corrected chi connectivity index (χ1v) is 8.60. The quantitative estimate of drug-likeness (QED) is 0.659. The molecule has 0 atom stereocenters. The van der Waals surface area contributed by atoms with Crippen LogP contribution in [-0.2, 0) is 11.3 Å². The number of carbonyl (C=O) groups is 1. The van der Waals surface area contributed by atoms with E-state index in [0.717, 1.165) is 11.1 Å². The van der Waals surface area contributed by atoms with Crippen molar-refractivity contribution in [3.05, 3.63) is 76.6 Å². The molecule has 1 heterocycles. The summed E-state index contributed by atoms with van der Waals surface area (Å²) in [4.78, 5) is 25.5. The Morgan fingerprint density at radius 2 is 1.54 bits per heavy atom. The Hall–Kier alpha value is -3.21. The molecule has 5 heteroatoms. The smallest absolute Gasteiger partial charge is 0.344 e. The van der Waals surface area contributed by atoms with E-state index in [1.807, 2.05) is 67.6 Å². The van der Waals surface area contributed by atoms with Crippen LogP contribution in [0.25, 0.3) is 22.4 Å². The van der Waals surface area contributed by atoms with Gasteiger partial charge in [0, 0.05) is 17.7 Å². The summed E-state index contributed by atoms with van der Waals surface area (Å²) in [6.07, 6.45) is 0. The zero-order valence-corrected chi connectivity index (χ0v) is 14.8. The lowest BCUT2D eigenvalue weighted by Gasteiger charge is -2.16. The van der Waals surface area contributed by atoms with Crippen LogP contribution in [0.15, 0.2) is 65.5 Å². The molecule has 3 aromatic rings. The molecule has 0 saturated heterocycles. The summed E-state index contributed by atoms with van der Waals surface area (Å²) in [5.74, 6) is -0.627. The number of esters is 1. The van der Waals surface area contributed by atoms with Crippen molar-refractivity contribution in [1.82, 2.24) is 9.78 Å². The van der Waals surface area contributed by atoms with Crippen LogP contribution in [0.5, 0.6) is 0 Å². The molecule has 26 heavy (non-hydrogen) atoms. The van der Waals surface area contributed by atoms with Crippen molar-refractivity contribution in [2.24, 2.45) is 0 Å². The number of rotatable bonds is 5. The van der Waals surface area contributed by atoms with Gasteiger partial charge in [0.05, 0.1) is 12.3 Å². The van der Waals surface area contributed by atoms with Gasteiger partial charge in [0.2, 0.25) is 0 Å². The predicted octanol–water partition coefficient (Wildman–Crippen LogP) is 3.77. The highest BCUT2D eigenvalue weighted by Gasteiger charge is 2.25. The fourth-order valence-electron chi connectivity index (χ4n) is 2.86. The second-order valence-electron chi connectivity index (χ2n) is 5.67. The topological polar surface area (TPSA) is 61.2 Å². The van der Waals surface area contributed by atoms with E-state index in [0.29, 0.717) is 17.8 Å². The average Bonchev–Trinajstić information content (AvgIpc) is 2.69. The van der Waals surface area contributed by atoms with Crippen LogP contribution >= 0.6 is 0 Å². The average molecular weight is 348 g/mol. The lowest BCUT2D eigenvalue weighted by Crippen LogP contribution is -2.30. The summed E-state index contributed by atoms with van der Waals surface area (Å²) < 4.78 is 6.49. The Bertz CT molecular complexity index is 964. The third kappa shape index (κ3) is 3.28. The van der Waals surface area contributed by atoms with Gasteiger partial charge in [-0.05, 0) is 19.4 Å². The van der Waals surface area contributed by atoms with E-state index in [4.69, 9.17) is 4.74 Å². The number of hydrogen-bond acceptors (Lipinski definition) is 4. The fraction of sp³-hybridized carbons (Fsp3) is 0.190. The van der Waals surface area contributed by atoms with E-state index in [2.05, 4.69) is 5.10 Å².